The zero-order valence-corrected chi connectivity index (χ0v) is 10.4. The Kier molecular flexibility index (Phi) is 7.26. The number of rotatable bonds is 2. The molecule has 0 spiro atoms. The van der Waals surface area contributed by atoms with Gasteiger partial charge in [-0.25, -0.2) is 0 Å². The molecule has 0 radical (unpaired) electrons. The third kappa shape index (κ3) is 5.81. The maximum atomic E-state index is 10.8. The first-order valence-corrected chi connectivity index (χ1v) is 5.39. The number of aliphatic hydroxyl groups is 3. The fraction of sp³-hybridized carbons (Fsp3) is 0.778. The highest BCUT2D eigenvalue weighted by Crippen LogP contribution is 2.17. The molecule has 112 valence electrons. The van der Waals surface area contributed by atoms with Gasteiger partial charge in [0.15, 0.2) is 0 Å². The van der Waals surface area contributed by atoms with Crippen molar-refractivity contribution in [2.24, 2.45) is 5.73 Å². The lowest BCUT2D eigenvalue weighted by Crippen LogP contribution is -2.78. The molecule has 10 nitrogen and oxygen atoms in total. The van der Waals surface area contributed by atoms with Crippen molar-refractivity contribution in [3.63, 3.8) is 0 Å². The third-order valence-electron chi connectivity index (χ3n) is 2.40. The van der Waals surface area contributed by atoms with E-state index in [1.54, 1.807) is 0 Å². The maximum absolute atomic E-state index is 10.8. The number of hydrogen-bond acceptors (Lipinski definition) is 7. The second kappa shape index (κ2) is 7.86. The number of amides is 2. The number of hydrogen-bond donors (Lipinski definition) is 6. The quantitative estimate of drug-likeness (QED) is 0.290. The van der Waals surface area contributed by atoms with Gasteiger partial charge in [0, 0.05) is 6.92 Å². The van der Waals surface area contributed by atoms with Crippen LogP contribution in [0.2, 0.25) is 0 Å². The molecule has 1 unspecified atom stereocenters. The molecule has 1 heterocycles. The normalized spacial score (nSPS) is 33.8. The number of quaternary nitrogens is 1. The molecule has 0 saturated carbocycles. The van der Waals surface area contributed by atoms with E-state index < -0.39 is 43.3 Å². The molecule has 1 aliphatic heterocycles. The van der Waals surface area contributed by atoms with Gasteiger partial charge in [0.1, 0.15) is 30.4 Å². The highest BCUT2D eigenvalue weighted by molar-refractivity contribution is 5.73. The Morgan fingerprint density at radius 3 is 2.26 bits per heavy atom. The lowest BCUT2D eigenvalue weighted by atomic mass is 9.96. The van der Waals surface area contributed by atoms with Crippen molar-refractivity contribution in [1.82, 2.24) is 5.32 Å². The Balaban J connectivity index is 0.000000711. The summed E-state index contributed by atoms with van der Waals surface area (Å²) in [6.45, 7) is 0.890. The molecule has 0 bridgehead atoms. The second-order valence-corrected chi connectivity index (χ2v) is 3.92. The minimum Gasteiger partial charge on any atom is -0.530 e. The van der Waals surface area contributed by atoms with Crippen molar-refractivity contribution >= 4 is 12.0 Å². The molecule has 0 aromatic heterocycles. The summed E-state index contributed by atoms with van der Waals surface area (Å²) < 4.78 is 5.15. The lowest BCUT2D eigenvalue weighted by Gasteiger charge is -2.38. The minimum atomic E-state index is -1.58. The van der Waals surface area contributed by atoms with Gasteiger partial charge in [-0.15, -0.1) is 0 Å². The fourth-order valence-corrected chi connectivity index (χ4v) is 1.61. The molecule has 10 heteroatoms. The number of primary amides is 1. The van der Waals surface area contributed by atoms with E-state index in [2.05, 4.69) is 16.8 Å². The van der Waals surface area contributed by atoms with Crippen LogP contribution >= 0.6 is 0 Å². The van der Waals surface area contributed by atoms with Crippen LogP contribution in [-0.2, 0) is 9.53 Å². The number of nitrogens with two attached hydrogens (primary N) is 1. The standard InChI is InChI=1S/C8H16N2O5.CH3NO2/c1-3(12)10-5-7(14)6(13)4(2-11)15-8(5)9;2-1(3)4/h4-8,11,13-14H,2,9H2,1H3,(H,10,12);2H2,(H,3,4)/t4-,5-,6-,7-,8?;/m1./s1. The van der Waals surface area contributed by atoms with Crippen LogP contribution in [0.5, 0.6) is 0 Å². The summed E-state index contributed by atoms with van der Waals surface area (Å²) in [5.74, 6) is -0.342. The van der Waals surface area contributed by atoms with Crippen LogP contribution in [0.25, 0.3) is 0 Å². The van der Waals surface area contributed by atoms with Crippen LogP contribution in [0.1, 0.15) is 6.92 Å². The molecule has 19 heavy (non-hydrogen) atoms. The van der Waals surface area contributed by atoms with E-state index >= 15 is 0 Å². The fourth-order valence-electron chi connectivity index (χ4n) is 1.61. The Morgan fingerprint density at radius 1 is 1.42 bits per heavy atom. The van der Waals surface area contributed by atoms with Crippen molar-refractivity contribution in [3.05, 3.63) is 0 Å². The van der Waals surface area contributed by atoms with Gasteiger partial charge in [-0.2, -0.15) is 0 Å². The number of ether oxygens (including phenoxy) is 1. The highest BCUT2D eigenvalue weighted by Gasteiger charge is 2.45. The molecular weight excluding hydrogens is 262 g/mol. The van der Waals surface area contributed by atoms with Gasteiger partial charge in [0.25, 0.3) is 0 Å². The van der Waals surface area contributed by atoms with Crippen molar-refractivity contribution in [1.29, 1.82) is 0 Å². The predicted molar refractivity (Wildman–Crippen MR) is 57.8 cm³/mol. The average Bonchev–Trinajstić information content (AvgIpc) is 2.28. The summed E-state index contributed by atoms with van der Waals surface area (Å²) in [7, 11) is 0. The summed E-state index contributed by atoms with van der Waals surface area (Å²) in [4.78, 5) is 19.5. The van der Waals surface area contributed by atoms with Gasteiger partial charge in [0.2, 0.25) is 12.1 Å². The van der Waals surface area contributed by atoms with Gasteiger partial charge < -0.3 is 46.7 Å². The van der Waals surface area contributed by atoms with E-state index in [0.29, 0.717) is 0 Å². The molecule has 0 aromatic carbocycles. The minimum absolute atomic E-state index is 0.342. The number of nitrogens with one attached hydrogen (secondary N) is 1. The summed E-state index contributed by atoms with van der Waals surface area (Å²) in [6.07, 6.45) is -5.58. The molecule has 1 saturated heterocycles. The van der Waals surface area contributed by atoms with E-state index in [1.807, 2.05) is 0 Å². The van der Waals surface area contributed by atoms with Crippen molar-refractivity contribution in [2.45, 2.75) is 37.5 Å². The molecule has 1 aliphatic rings. The van der Waals surface area contributed by atoms with Gasteiger partial charge >= 0.3 is 0 Å². The van der Waals surface area contributed by atoms with Crippen LogP contribution in [0.3, 0.4) is 0 Å². The van der Waals surface area contributed by atoms with E-state index in [1.165, 1.54) is 6.92 Å². The van der Waals surface area contributed by atoms with Crippen molar-refractivity contribution < 1.29 is 40.5 Å². The highest BCUT2D eigenvalue weighted by atomic mass is 16.5. The first kappa shape index (κ1) is 17.5. The topological polar surface area (TPSA) is 193 Å². The molecule has 2 amide bonds. The lowest BCUT2D eigenvalue weighted by molar-refractivity contribution is -0.519. The van der Waals surface area contributed by atoms with Crippen molar-refractivity contribution in [2.75, 3.05) is 6.61 Å². The summed E-state index contributed by atoms with van der Waals surface area (Å²) in [5, 5.41) is 39.1. The average molecular weight is 281 g/mol. The first-order chi connectivity index (χ1) is 8.70. The van der Waals surface area contributed by atoms with Crippen LogP contribution in [0.4, 0.5) is 4.79 Å². The Hall–Kier alpha value is -1.46. The van der Waals surface area contributed by atoms with Gasteiger partial charge in [-0.3, -0.25) is 4.79 Å². The molecule has 5 atom stereocenters. The van der Waals surface area contributed by atoms with Gasteiger partial charge in [-0.1, -0.05) is 0 Å². The number of carboxylic acid groups (broad SMARTS) is 1. The van der Waals surface area contributed by atoms with Gasteiger partial charge in [0.05, 0.1) is 6.61 Å². The van der Waals surface area contributed by atoms with Crippen LogP contribution < -0.4 is 21.9 Å². The summed E-state index contributed by atoms with van der Waals surface area (Å²) >= 11 is 0. The first-order valence-electron chi connectivity index (χ1n) is 5.39. The molecule has 9 N–H and O–H groups in total. The third-order valence-corrected chi connectivity index (χ3v) is 2.40. The Morgan fingerprint density at radius 2 is 1.89 bits per heavy atom. The summed E-state index contributed by atoms with van der Waals surface area (Å²) in [6, 6.07) is -0.764. The molecule has 0 aliphatic carbocycles. The van der Waals surface area contributed by atoms with Crippen molar-refractivity contribution in [3.8, 4) is 0 Å². The predicted octanol–water partition coefficient (Wildman–Crippen LogP) is -5.54. The van der Waals surface area contributed by atoms with Crippen LogP contribution in [-0.4, -0.2) is 64.5 Å². The number of carbonyl (C=O) groups is 2. The molecule has 0 aromatic rings. The Bertz CT molecular complexity index is 310. The maximum Gasteiger partial charge on any atom is 0.217 e. The zero-order chi connectivity index (χ0) is 15.2. The Labute approximate surface area is 109 Å². The van der Waals surface area contributed by atoms with E-state index in [0.717, 1.165) is 0 Å². The van der Waals surface area contributed by atoms with Gasteiger partial charge in [-0.05, 0) is 0 Å². The second-order valence-electron chi connectivity index (χ2n) is 3.92. The molecule has 1 rings (SSSR count). The SMILES string of the molecule is CC(=O)N[C@H]1C([NH3+])O[C@H](CO)[C@@H](O)[C@@H]1O.NC(=O)[O-]. The van der Waals surface area contributed by atoms with E-state index in [4.69, 9.17) is 19.7 Å². The number of aliphatic hydroxyl groups excluding tert-OH is 3. The smallest absolute Gasteiger partial charge is 0.217 e. The zero-order valence-electron chi connectivity index (χ0n) is 10.4. The summed E-state index contributed by atoms with van der Waals surface area (Å²) in [5.41, 5.74) is 7.51. The van der Waals surface area contributed by atoms with E-state index in [-0.39, 0.29) is 5.91 Å². The monoisotopic (exact) mass is 281 g/mol. The molecular formula is C9H19N3O7. The largest absolute Gasteiger partial charge is 0.530 e. The molecule has 1 fully saturated rings. The van der Waals surface area contributed by atoms with Crippen LogP contribution in [0, 0.1) is 0 Å². The van der Waals surface area contributed by atoms with E-state index in [9.17, 15) is 15.0 Å². The number of carbonyl (C=O) groups excluding carboxylic acids is 2. The van der Waals surface area contributed by atoms with Crippen LogP contribution in [0.15, 0.2) is 0 Å².